The van der Waals surface area contributed by atoms with E-state index in [2.05, 4.69) is 5.32 Å². The molecule has 0 bridgehead atoms. The molecule has 2 aromatic carbocycles. The Morgan fingerprint density at radius 1 is 1.02 bits per heavy atom. The van der Waals surface area contributed by atoms with Gasteiger partial charge in [-0.15, -0.1) is 0 Å². The van der Waals surface area contributed by atoms with Gasteiger partial charge >= 0.3 is 12.4 Å². The summed E-state index contributed by atoms with van der Waals surface area (Å²) < 4.78 is 95.2. The molecule has 2 aliphatic rings. The van der Waals surface area contributed by atoms with Crippen LogP contribution in [0.4, 0.5) is 30.7 Å². The van der Waals surface area contributed by atoms with E-state index in [1.807, 2.05) is 0 Å². The summed E-state index contributed by atoms with van der Waals surface area (Å²) in [7, 11) is 0. The molecule has 5 N–H and O–H groups in total. The fourth-order valence-electron chi connectivity index (χ4n) is 6.18. The minimum atomic E-state index is -5.06. The summed E-state index contributed by atoms with van der Waals surface area (Å²) >= 11 is 0. The Kier molecular flexibility index (Phi) is 8.18. The van der Waals surface area contributed by atoms with Crippen molar-refractivity contribution in [2.75, 3.05) is 6.54 Å². The van der Waals surface area contributed by atoms with E-state index in [9.17, 15) is 40.3 Å². The molecule has 0 saturated carbocycles. The summed E-state index contributed by atoms with van der Waals surface area (Å²) in [6.45, 7) is 4.38. The molecular formula is C29H33F7N4O2. The van der Waals surface area contributed by atoms with Crippen LogP contribution >= 0.6 is 0 Å². The second kappa shape index (κ2) is 10.8. The van der Waals surface area contributed by atoms with Crippen LogP contribution < -0.4 is 16.8 Å². The molecular weight excluding hydrogens is 569 g/mol. The highest BCUT2D eigenvalue weighted by Gasteiger charge is 2.50. The lowest BCUT2D eigenvalue weighted by Crippen LogP contribution is -2.61. The van der Waals surface area contributed by atoms with Crippen molar-refractivity contribution < 1.29 is 40.3 Å². The zero-order valence-corrected chi connectivity index (χ0v) is 23.3. The van der Waals surface area contributed by atoms with Gasteiger partial charge in [0.15, 0.2) is 0 Å². The first-order chi connectivity index (χ1) is 19.2. The lowest BCUT2D eigenvalue weighted by atomic mass is 9.76. The van der Waals surface area contributed by atoms with E-state index in [0.29, 0.717) is 48.9 Å². The molecule has 230 valence electrons. The van der Waals surface area contributed by atoms with Crippen LogP contribution in [0.2, 0.25) is 0 Å². The molecule has 13 heteroatoms. The Morgan fingerprint density at radius 3 is 2.12 bits per heavy atom. The van der Waals surface area contributed by atoms with E-state index in [0.717, 1.165) is 0 Å². The highest BCUT2D eigenvalue weighted by atomic mass is 19.4. The summed E-state index contributed by atoms with van der Waals surface area (Å²) in [5.74, 6) is -2.95. The molecule has 0 radical (unpaired) electrons. The van der Waals surface area contributed by atoms with Gasteiger partial charge < -0.3 is 21.7 Å². The van der Waals surface area contributed by atoms with Gasteiger partial charge in [-0.2, -0.15) is 26.3 Å². The SMILES string of the molecule is Cc1cc(F)ccc1[C@H]1CC2(CCC(C(N)=O)N2)CCN1C(=O)C(C)(N)C(C)c1cc(C(F)(F)F)cc(C(F)(F)F)c1. The topological polar surface area (TPSA) is 101 Å². The number of nitrogens with two attached hydrogens (primary N) is 2. The molecule has 2 amide bonds. The summed E-state index contributed by atoms with van der Waals surface area (Å²) in [6, 6.07) is 4.03. The van der Waals surface area contributed by atoms with Crippen LogP contribution in [0.25, 0.3) is 0 Å². The first-order valence-electron chi connectivity index (χ1n) is 13.5. The number of alkyl halides is 6. The summed E-state index contributed by atoms with van der Waals surface area (Å²) in [5, 5.41) is 3.29. The van der Waals surface area contributed by atoms with Crippen molar-refractivity contribution in [3.63, 3.8) is 0 Å². The van der Waals surface area contributed by atoms with Crippen molar-refractivity contribution in [3.8, 4) is 0 Å². The first kappa shape index (κ1) is 31.7. The number of carbonyl (C=O) groups excluding carboxylic acids is 2. The smallest absolute Gasteiger partial charge is 0.368 e. The number of piperidine rings is 1. The van der Waals surface area contributed by atoms with E-state index in [4.69, 9.17) is 11.5 Å². The maximum absolute atomic E-state index is 14.1. The van der Waals surface area contributed by atoms with E-state index in [1.54, 1.807) is 6.92 Å². The highest BCUT2D eigenvalue weighted by Crippen LogP contribution is 2.45. The second-order valence-electron chi connectivity index (χ2n) is 11.7. The number of amides is 2. The molecule has 0 aliphatic carbocycles. The van der Waals surface area contributed by atoms with Gasteiger partial charge in [0.05, 0.1) is 28.7 Å². The number of hydrogen-bond acceptors (Lipinski definition) is 4. The van der Waals surface area contributed by atoms with Crippen molar-refractivity contribution >= 4 is 11.8 Å². The number of nitrogens with zero attached hydrogens (tertiary/aromatic N) is 1. The van der Waals surface area contributed by atoms with Crippen LogP contribution in [0.3, 0.4) is 0 Å². The minimum Gasteiger partial charge on any atom is -0.368 e. The van der Waals surface area contributed by atoms with Crippen LogP contribution in [-0.2, 0) is 21.9 Å². The van der Waals surface area contributed by atoms with Gasteiger partial charge in [0, 0.05) is 18.0 Å². The number of aryl methyl sites for hydroxylation is 1. The number of benzene rings is 2. The van der Waals surface area contributed by atoms with Gasteiger partial charge in [0.1, 0.15) is 5.82 Å². The number of primary amides is 1. The van der Waals surface area contributed by atoms with Gasteiger partial charge in [0.2, 0.25) is 11.8 Å². The van der Waals surface area contributed by atoms with Gasteiger partial charge in [-0.05, 0) is 86.6 Å². The predicted molar refractivity (Wildman–Crippen MR) is 140 cm³/mol. The molecule has 1 spiro atoms. The van der Waals surface area contributed by atoms with E-state index in [1.165, 1.54) is 36.9 Å². The largest absolute Gasteiger partial charge is 0.416 e. The molecule has 2 aromatic rings. The monoisotopic (exact) mass is 602 g/mol. The Labute approximate surface area is 238 Å². The maximum Gasteiger partial charge on any atom is 0.416 e. The average Bonchev–Trinajstić information content (AvgIpc) is 3.30. The lowest BCUT2D eigenvalue weighted by Gasteiger charge is -2.48. The zero-order chi connectivity index (χ0) is 31.4. The highest BCUT2D eigenvalue weighted by molar-refractivity contribution is 5.87. The number of nitrogens with one attached hydrogen (secondary N) is 1. The van der Waals surface area contributed by atoms with Crippen LogP contribution in [0.15, 0.2) is 36.4 Å². The zero-order valence-electron chi connectivity index (χ0n) is 23.3. The third-order valence-corrected chi connectivity index (χ3v) is 8.85. The van der Waals surface area contributed by atoms with E-state index < -0.39 is 70.2 Å². The van der Waals surface area contributed by atoms with Crippen LogP contribution in [0.5, 0.6) is 0 Å². The molecule has 42 heavy (non-hydrogen) atoms. The second-order valence-corrected chi connectivity index (χ2v) is 11.7. The molecule has 0 aromatic heterocycles. The number of hydrogen-bond donors (Lipinski definition) is 3. The molecule has 2 aliphatic heterocycles. The molecule has 5 atom stereocenters. The molecule has 2 fully saturated rings. The summed E-state index contributed by atoms with van der Waals surface area (Å²) in [6.07, 6.45) is -8.35. The summed E-state index contributed by atoms with van der Waals surface area (Å²) in [4.78, 5) is 27.4. The van der Waals surface area contributed by atoms with Crippen LogP contribution in [0.1, 0.15) is 79.3 Å². The van der Waals surface area contributed by atoms with Crippen molar-refractivity contribution in [3.05, 3.63) is 70.0 Å². The fraction of sp³-hybridized carbons (Fsp3) is 0.517. The van der Waals surface area contributed by atoms with Gasteiger partial charge in [-0.25, -0.2) is 4.39 Å². The van der Waals surface area contributed by atoms with E-state index >= 15 is 0 Å². The van der Waals surface area contributed by atoms with E-state index in [-0.39, 0.29) is 18.2 Å². The van der Waals surface area contributed by atoms with Gasteiger partial charge in [-0.3, -0.25) is 9.59 Å². The molecule has 2 heterocycles. The Bertz CT molecular complexity index is 1340. The number of halogens is 7. The Morgan fingerprint density at radius 2 is 1.62 bits per heavy atom. The molecule has 4 rings (SSSR count). The van der Waals surface area contributed by atoms with Crippen LogP contribution in [-0.4, -0.2) is 40.4 Å². The average molecular weight is 603 g/mol. The normalized spacial score (nSPS) is 25.4. The first-order valence-corrected chi connectivity index (χ1v) is 13.5. The lowest BCUT2D eigenvalue weighted by molar-refractivity contribution is -0.143. The molecule has 4 unspecified atom stereocenters. The van der Waals surface area contributed by atoms with Gasteiger partial charge in [0.25, 0.3) is 0 Å². The van der Waals surface area contributed by atoms with Crippen LogP contribution in [0, 0.1) is 12.7 Å². The number of rotatable bonds is 5. The van der Waals surface area contributed by atoms with Crippen molar-refractivity contribution in [1.29, 1.82) is 0 Å². The predicted octanol–water partition coefficient (Wildman–Crippen LogP) is 5.33. The van der Waals surface area contributed by atoms with Gasteiger partial charge in [-0.1, -0.05) is 13.0 Å². The quantitative estimate of drug-likeness (QED) is 0.403. The molecule has 2 saturated heterocycles. The number of carbonyl (C=O) groups is 2. The van der Waals surface area contributed by atoms with Crippen molar-refractivity contribution in [1.82, 2.24) is 10.2 Å². The standard InChI is InChI=1S/C29H33F7N4O2/c1-15-10-20(30)4-5-21(15)23-14-27(7-6-22(39-27)24(37)41)8-9-40(23)25(42)26(3,38)16(2)17-11-18(28(31,32)33)13-19(12-17)29(34,35)36/h4-5,10-13,16,22-23,39H,6-9,14,38H2,1-3H3,(H2,37,41)/t16?,22?,23-,26?,27?/m1/s1. The van der Waals surface area contributed by atoms with Crippen molar-refractivity contribution in [2.45, 2.75) is 87.9 Å². The minimum absolute atomic E-state index is 0.0251. The van der Waals surface area contributed by atoms with Crippen molar-refractivity contribution in [2.24, 2.45) is 11.5 Å². The third-order valence-electron chi connectivity index (χ3n) is 8.85. The maximum atomic E-state index is 14.1. The third kappa shape index (κ3) is 6.12. The Balaban J connectivity index is 1.73. The fourth-order valence-corrected chi connectivity index (χ4v) is 6.18. The number of likely N-dealkylation sites (tertiary alicyclic amines) is 1. The molecule has 6 nitrogen and oxygen atoms in total. The Hall–Kier alpha value is -3.19. The summed E-state index contributed by atoms with van der Waals surface area (Å²) in [5.41, 5.74) is 7.27.